The minimum atomic E-state index is -0.384. The smallest absolute Gasteiger partial charge is 0.152 e. The van der Waals surface area contributed by atoms with Gasteiger partial charge in [-0.1, -0.05) is 6.92 Å². The molecule has 0 aromatic rings. The second-order valence-corrected chi connectivity index (χ2v) is 2.92. The van der Waals surface area contributed by atoms with Gasteiger partial charge in [-0.15, -0.1) is 0 Å². The molecule has 2 unspecified atom stereocenters. The topological polar surface area (TPSA) is 52.3 Å². The van der Waals surface area contributed by atoms with Crippen molar-refractivity contribution in [2.75, 3.05) is 13.2 Å². The van der Waals surface area contributed by atoms with Crippen molar-refractivity contribution in [2.45, 2.75) is 19.4 Å². The molecular weight excluding hydrogens is 130 g/mol. The lowest BCUT2D eigenvalue weighted by atomic mass is 10.0. The van der Waals surface area contributed by atoms with Crippen molar-refractivity contribution in [3.63, 3.8) is 0 Å². The number of Topliss-reactive ketones (excluding diaryl/α,β-unsaturated/α-hetero) is 1. The van der Waals surface area contributed by atoms with E-state index in [0.29, 0.717) is 25.6 Å². The fourth-order valence-electron chi connectivity index (χ4n) is 1.04. The van der Waals surface area contributed by atoms with Gasteiger partial charge >= 0.3 is 0 Å². The first-order chi connectivity index (χ1) is 4.70. The number of ether oxygens (including phenoxy) is 1. The Hall–Kier alpha value is -0.410. The highest BCUT2D eigenvalue weighted by atomic mass is 16.5. The van der Waals surface area contributed by atoms with E-state index >= 15 is 0 Å². The number of rotatable bonds is 0. The normalized spacial score (nSPS) is 35.6. The van der Waals surface area contributed by atoms with Gasteiger partial charge in [-0.25, -0.2) is 0 Å². The third-order valence-corrected chi connectivity index (χ3v) is 1.66. The van der Waals surface area contributed by atoms with Crippen molar-refractivity contribution in [2.24, 2.45) is 11.7 Å². The third-order valence-electron chi connectivity index (χ3n) is 1.66. The van der Waals surface area contributed by atoms with Crippen molar-refractivity contribution >= 4 is 5.78 Å². The Balaban J connectivity index is 2.49. The predicted octanol–water partition coefficient (Wildman–Crippen LogP) is -0.0608. The SMILES string of the molecule is CC1COCC(N)C(=O)C1. The zero-order chi connectivity index (χ0) is 7.56. The van der Waals surface area contributed by atoms with E-state index in [0.717, 1.165) is 0 Å². The molecule has 3 nitrogen and oxygen atoms in total. The van der Waals surface area contributed by atoms with Crippen molar-refractivity contribution in [3.05, 3.63) is 0 Å². The average molecular weight is 143 g/mol. The van der Waals surface area contributed by atoms with Crippen LogP contribution in [0.1, 0.15) is 13.3 Å². The highest BCUT2D eigenvalue weighted by Crippen LogP contribution is 2.09. The van der Waals surface area contributed by atoms with Gasteiger partial charge in [0.1, 0.15) is 0 Å². The van der Waals surface area contributed by atoms with Gasteiger partial charge in [0.25, 0.3) is 0 Å². The molecule has 2 N–H and O–H groups in total. The van der Waals surface area contributed by atoms with Crippen LogP contribution in [0.25, 0.3) is 0 Å². The highest BCUT2D eigenvalue weighted by Gasteiger charge is 2.20. The lowest BCUT2D eigenvalue weighted by molar-refractivity contribution is -0.120. The Morgan fingerprint density at radius 2 is 2.30 bits per heavy atom. The van der Waals surface area contributed by atoms with Crippen molar-refractivity contribution in [3.8, 4) is 0 Å². The second-order valence-electron chi connectivity index (χ2n) is 2.92. The number of nitrogens with two attached hydrogens (primary N) is 1. The summed E-state index contributed by atoms with van der Waals surface area (Å²) in [6.07, 6.45) is 0.571. The Bertz CT molecular complexity index is 136. The largest absolute Gasteiger partial charge is 0.379 e. The van der Waals surface area contributed by atoms with Crippen LogP contribution in [0.5, 0.6) is 0 Å². The molecule has 0 aromatic carbocycles. The summed E-state index contributed by atoms with van der Waals surface area (Å²) in [5.41, 5.74) is 5.47. The molecule has 1 aliphatic heterocycles. The fourth-order valence-corrected chi connectivity index (χ4v) is 1.04. The number of ketones is 1. The van der Waals surface area contributed by atoms with Gasteiger partial charge in [0, 0.05) is 13.0 Å². The molecular formula is C7H13NO2. The van der Waals surface area contributed by atoms with E-state index in [-0.39, 0.29) is 11.8 Å². The molecule has 0 spiro atoms. The summed E-state index contributed by atoms with van der Waals surface area (Å²) in [7, 11) is 0. The summed E-state index contributed by atoms with van der Waals surface area (Å²) in [5, 5.41) is 0. The maximum atomic E-state index is 11.0. The average Bonchev–Trinajstić information content (AvgIpc) is 1.96. The van der Waals surface area contributed by atoms with Gasteiger partial charge in [0.2, 0.25) is 0 Å². The maximum Gasteiger partial charge on any atom is 0.152 e. The molecule has 3 heteroatoms. The second kappa shape index (κ2) is 3.12. The van der Waals surface area contributed by atoms with Crippen LogP contribution in [0.3, 0.4) is 0 Å². The van der Waals surface area contributed by atoms with Crippen LogP contribution < -0.4 is 5.73 Å². The fraction of sp³-hybridized carbons (Fsp3) is 0.857. The van der Waals surface area contributed by atoms with Crippen molar-refractivity contribution in [1.29, 1.82) is 0 Å². The molecule has 1 saturated heterocycles. The molecule has 1 fully saturated rings. The molecule has 10 heavy (non-hydrogen) atoms. The van der Waals surface area contributed by atoms with Gasteiger partial charge < -0.3 is 10.5 Å². The molecule has 0 radical (unpaired) electrons. The summed E-state index contributed by atoms with van der Waals surface area (Å²) < 4.78 is 5.14. The summed E-state index contributed by atoms with van der Waals surface area (Å²) in [4.78, 5) is 11.0. The maximum absolute atomic E-state index is 11.0. The number of hydrogen-bond acceptors (Lipinski definition) is 3. The molecule has 0 aliphatic carbocycles. The van der Waals surface area contributed by atoms with E-state index in [1.165, 1.54) is 0 Å². The van der Waals surface area contributed by atoms with E-state index in [2.05, 4.69) is 0 Å². The summed E-state index contributed by atoms with van der Waals surface area (Å²) in [6, 6.07) is -0.384. The Morgan fingerprint density at radius 3 is 3.00 bits per heavy atom. The molecule has 0 bridgehead atoms. The van der Waals surface area contributed by atoms with Crippen LogP contribution >= 0.6 is 0 Å². The molecule has 1 heterocycles. The Morgan fingerprint density at radius 1 is 1.60 bits per heavy atom. The molecule has 2 atom stereocenters. The minimum Gasteiger partial charge on any atom is -0.379 e. The predicted molar refractivity (Wildman–Crippen MR) is 37.6 cm³/mol. The van der Waals surface area contributed by atoms with Gasteiger partial charge in [-0.3, -0.25) is 4.79 Å². The first-order valence-electron chi connectivity index (χ1n) is 3.56. The van der Waals surface area contributed by atoms with Crippen LogP contribution in [0.2, 0.25) is 0 Å². The van der Waals surface area contributed by atoms with Gasteiger partial charge in [0.05, 0.1) is 12.6 Å². The molecule has 0 aromatic heterocycles. The number of hydrogen-bond donors (Lipinski definition) is 1. The van der Waals surface area contributed by atoms with Crippen molar-refractivity contribution < 1.29 is 9.53 Å². The Labute approximate surface area is 60.5 Å². The molecule has 1 rings (SSSR count). The zero-order valence-electron chi connectivity index (χ0n) is 6.17. The standard InChI is InChI=1S/C7H13NO2/c1-5-2-7(9)6(8)4-10-3-5/h5-6H,2-4,8H2,1H3. The summed E-state index contributed by atoms with van der Waals surface area (Å²) in [6.45, 7) is 3.05. The van der Waals surface area contributed by atoms with Gasteiger partial charge in [-0.05, 0) is 5.92 Å². The third kappa shape index (κ3) is 1.78. The summed E-state index contributed by atoms with van der Waals surface area (Å²) >= 11 is 0. The minimum absolute atomic E-state index is 0.130. The van der Waals surface area contributed by atoms with E-state index in [1.807, 2.05) is 6.92 Å². The first kappa shape index (κ1) is 7.69. The number of carbonyl (C=O) groups is 1. The highest BCUT2D eigenvalue weighted by molar-refractivity contribution is 5.84. The lowest BCUT2D eigenvalue weighted by Crippen LogP contribution is -2.33. The van der Waals surface area contributed by atoms with E-state index in [1.54, 1.807) is 0 Å². The van der Waals surface area contributed by atoms with Crippen LogP contribution in [-0.4, -0.2) is 25.0 Å². The quantitative estimate of drug-likeness (QED) is 0.517. The number of carbonyl (C=O) groups excluding carboxylic acids is 1. The Kier molecular flexibility index (Phi) is 2.40. The van der Waals surface area contributed by atoms with Crippen LogP contribution in [-0.2, 0) is 9.53 Å². The molecule has 0 saturated carbocycles. The van der Waals surface area contributed by atoms with Crippen LogP contribution in [0, 0.1) is 5.92 Å². The van der Waals surface area contributed by atoms with Crippen molar-refractivity contribution in [1.82, 2.24) is 0 Å². The molecule has 1 aliphatic rings. The zero-order valence-corrected chi connectivity index (χ0v) is 6.17. The monoisotopic (exact) mass is 143 g/mol. The molecule has 58 valence electrons. The van der Waals surface area contributed by atoms with E-state index in [4.69, 9.17) is 10.5 Å². The summed E-state index contributed by atoms with van der Waals surface area (Å²) in [5.74, 6) is 0.464. The van der Waals surface area contributed by atoms with Gasteiger partial charge in [-0.2, -0.15) is 0 Å². The first-order valence-corrected chi connectivity index (χ1v) is 3.56. The van der Waals surface area contributed by atoms with Crippen LogP contribution in [0.4, 0.5) is 0 Å². The van der Waals surface area contributed by atoms with Gasteiger partial charge in [0.15, 0.2) is 5.78 Å². The van der Waals surface area contributed by atoms with Crippen LogP contribution in [0.15, 0.2) is 0 Å². The molecule has 0 amide bonds. The van der Waals surface area contributed by atoms with E-state index < -0.39 is 0 Å². The van der Waals surface area contributed by atoms with E-state index in [9.17, 15) is 4.79 Å². The lowest BCUT2D eigenvalue weighted by Gasteiger charge is -2.03.